The van der Waals surface area contributed by atoms with Gasteiger partial charge in [0.1, 0.15) is 5.69 Å². The maximum Gasteiger partial charge on any atom is 0.150 e. The first-order chi connectivity index (χ1) is 9.17. The van der Waals surface area contributed by atoms with Crippen molar-refractivity contribution >= 4 is 5.69 Å². The molecule has 2 rings (SSSR count). The first-order valence-corrected chi connectivity index (χ1v) is 6.47. The van der Waals surface area contributed by atoms with E-state index >= 15 is 0 Å². The lowest BCUT2D eigenvalue weighted by molar-refractivity contribution is 0.432. The smallest absolute Gasteiger partial charge is 0.150 e. The van der Waals surface area contributed by atoms with Crippen LogP contribution in [0.3, 0.4) is 0 Å². The van der Waals surface area contributed by atoms with Gasteiger partial charge in [0, 0.05) is 19.1 Å². The summed E-state index contributed by atoms with van der Waals surface area (Å²) >= 11 is 0. The van der Waals surface area contributed by atoms with Gasteiger partial charge in [0.25, 0.3) is 0 Å². The number of benzene rings is 1. The van der Waals surface area contributed by atoms with Crippen molar-refractivity contribution in [1.29, 1.82) is 5.26 Å². The summed E-state index contributed by atoms with van der Waals surface area (Å²) in [5.41, 5.74) is 0.0138. The minimum absolute atomic E-state index is 0.000972. The fraction of sp³-hybridized carbons (Fsp3) is 0.500. The van der Waals surface area contributed by atoms with Gasteiger partial charge in [-0.25, -0.2) is 8.78 Å². The van der Waals surface area contributed by atoms with Gasteiger partial charge >= 0.3 is 0 Å². The molecule has 1 aromatic rings. The van der Waals surface area contributed by atoms with E-state index in [0.29, 0.717) is 13.1 Å². The molecule has 3 nitrogen and oxygen atoms in total. The van der Waals surface area contributed by atoms with E-state index in [1.807, 2.05) is 7.05 Å². The van der Waals surface area contributed by atoms with Crippen LogP contribution in [0.1, 0.15) is 24.8 Å². The highest BCUT2D eigenvalue weighted by atomic mass is 19.1. The number of nitrogens with zero attached hydrogens (tertiary/aromatic N) is 2. The molecule has 5 heteroatoms. The van der Waals surface area contributed by atoms with E-state index < -0.39 is 11.6 Å². The fourth-order valence-electron chi connectivity index (χ4n) is 2.65. The van der Waals surface area contributed by atoms with Crippen LogP contribution < -0.4 is 10.2 Å². The SMILES string of the molecule is CNCC1CCCCN1c1c(F)cc(C#N)cc1F. The van der Waals surface area contributed by atoms with E-state index in [1.165, 1.54) is 0 Å². The van der Waals surface area contributed by atoms with Crippen LogP contribution in [0.5, 0.6) is 0 Å². The summed E-state index contributed by atoms with van der Waals surface area (Å²) in [4.78, 5) is 1.78. The summed E-state index contributed by atoms with van der Waals surface area (Å²) < 4.78 is 28.1. The highest BCUT2D eigenvalue weighted by Crippen LogP contribution is 2.30. The van der Waals surface area contributed by atoms with Crippen LogP contribution >= 0.6 is 0 Å². The zero-order chi connectivity index (χ0) is 13.8. The molecule has 1 heterocycles. The molecule has 1 aromatic carbocycles. The third-order valence-electron chi connectivity index (χ3n) is 3.50. The second-order valence-electron chi connectivity index (χ2n) is 4.80. The predicted octanol–water partition coefficient (Wildman–Crippen LogP) is 2.41. The predicted molar refractivity (Wildman–Crippen MR) is 70.0 cm³/mol. The van der Waals surface area contributed by atoms with Gasteiger partial charge in [0.15, 0.2) is 11.6 Å². The van der Waals surface area contributed by atoms with E-state index in [4.69, 9.17) is 5.26 Å². The Morgan fingerprint density at radius 1 is 1.37 bits per heavy atom. The molecule has 1 saturated heterocycles. The first kappa shape index (κ1) is 13.8. The van der Waals surface area contributed by atoms with Crippen LogP contribution in [0.15, 0.2) is 12.1 Å². The lowest BCUT2D eigenvalue weighted by Crippen LogP contribution is -2.45. The Balaban J connectivity index is 2.36. The lowest BCUT2D eigenvalue weighted by Gasteiger charge is -2.37. The third-order valence-corrected chi connectivity index (χ3v) is 3.50. The zero-order valence-electron chi connectivity index (χ0n) is 10.9. The van der Waals surface area contributed by atoms with E-state index in [9.17, 15) is 8.78 Å². The second-order valence-corrected chi connectivity index (χ2v) is 4.80. The van der Waals surface area contributed by atoms with Crippen LogP contribution in [0.4, 0.5) is 14.5 Å². The molecule has 19 heavy (non-hydrogen) atoms. The summed E-state index contributed by atoms with van der Waals surface area (Å²) in [5.74, 6) is -1.31. The quantitative estimate of drug-likeness (QED) is 0.912. The average molecular weight is 265 g/mol. The number of likely N-dealkylation sites (N-methyl/N-ethyl adjacent to an activating group) is 1. The highest BCUT2D eigenvalue weighted by molar-refractivity contribution is 5.53. The van der Waals surface area contributed by atoms with Crippen molar-refractivity contribution < 1.29 is 8.78 Å². The standard InChI is InChI=1S/C14H17F2N3/c1-18-9-11-4-2-3-5-19(11)14-12(15)6-10(8-17)7-13(14)16/h6-7,11,18H,2-5,9H2,1H3. The number of hydrogen-bond acceptors (Lipinski definition) is 3. The molecule has 1 N–H and O–H groups in total. The Kier molecular flexibility index (Phi) is 4.33. The maximum absolute atomic E-state index is 14.0. The summed E-state index contributed by atoms with van der Waals surface area (Å²) in [7, 11) is 1.83. The molecule has 0 aromatic heterocycles. The zero-order valence-corrected chi connectivity index (χ0v) is 10.9. The van der Waals surface area contributed by atoms with Gasteiger partial charge in [-0.3, -0.25) is 0 Å². The topological polar surface area (TPSA) is 39.1 Å². The van der Waals surface area contributed by atoms with Crippen LogP contribution in [-0.2, 0) is 0 Å². The molecule has 0 spiro atoms. The number of nitriles is 1. The minimum atomic E-state index is -0.653. The first-order valence-electron chi connectivity index (χ1n) is 6.47. The van der Waals surface area contributed by atoms with Crippen molar-refractivity contribution in [2.75, 3.05) is 25.0 Å². The molecule has 1 aliphatic heterocycles. The van der Waals surface area contributed by atoms with E-state index in [-0.39, 0.29) is 17.3 Å². The second kappa shape index (κ2) is 5.98. The molecule has 1 unspecified atom stereocenters. The Morgan fingerprint density at radius 3 is 2.63 bits per heavy atom. The van der Waals surface area contributed by atoms with Crippen LogP contribution in [0, 0.1) is 23.0 Å². The van der Waals surface area contributed by atoms with E-state index in [2.05, 4.69) is 5.32 Å². The summed E-state index contributed by atoms with van der Waals surface area (Å²) in [6.07, 6.45) is 2.92. The fourth-order valence-corrected chi connectivity index (χ4v) is 2.65. The number of piperidine rings is 1. The molecule has 0 amide bonds. The Morgan fingerprint density at radius 2 is 2.05 bits per heavy atom. The van der Waals surface area contributed by atoms with Crippen LogP contribution in [0.2, 0.25) is 0 Å². The number of nitrogens with one attached hydrogen (secondary N) is 1. The van der Waals surface area contributed by atoms with Crippen molar-refractivity contribution in [1.82, 2.24) is 5.32 Å². The monoisotopic (exact) mass is 265 g/mol. The van der Waals surface area contributed by atoms with E-state index in [0.717, 1.165) is 31.4 Å². The van der Waals surface area contributed by atoms with Crippen molar-refractivity contribution in [3.8, 4) is 6.07 Å². The normalized spacial score (nSPS) is 19.3. The number of hydrogen-bond donors (Lipinski definition) is 1. The van der Waals surface area contributed by atoms with Gasteiger partial charge in [-0.2, -0.15) is 5.26 Å². The van der Waals surface area contributed by atoms with Crippen molar-refractivity contribution in [2.45, 2.75) is 25.3 Å². The Bertz CT molecular complexity index is 471. The minimum Gasteiger partial charge on any atom is -0.363 e. The van der Waals surface area contributed by atoms with Crippen LogP contribution in [-0.4, -0.2) is 26.2 Å². The molecular formula is C14H17F2N3. The van der Waals surface area contributed by atoms with Crippen LogP contribution in [0.25, 0.3) is 0 Å². The van der Waals surface area contributed by atoms with Gasteiger partial charge in [-0.05, 0) is 38.4 Å². The number of rotatable bonds is 3. The third kappa shape index (κ3) is 2.85. The number of halogens is 2. The molecule has 1 fully saturated rings. The van der Waals surface area contributed by atoms with Crippen molar-refractivity contribution in [3.05, 3.63) is 29.3 Å². The molecule has 0 bridgehead atoms. The van der Waals surface area contributed by atoms with Gasteiger partial charge in [-0.15, -0.1) is 0 Å². The molecule has 102 valence electrons. The molecule has 0 saturated carbocycles. The average Bonchev–Trinajstić information content (AvgIpc) is 2.40. The molecule has 1 aliphatic rings. The van der Waals surface area contributed by atoms with Gasteiger partial charge in [0.05, 0.1) is 11.6 Å². The summed E-state index contributed by atoms with van der Waals surface area (Å²) in [6.45, 7) is 1.34. The lowest BCUT2D eigenvalue weighted by atomic mass is 10.0. The van der Waals surface area contributed by atoms with Crippen molar-refractivity contribution in [2.24, 2.45) is 0 Å². The van der Waals surface area contributed by atoms with E-state index in [1.54, 1.807) is 11.0 Å². The molecule has 1 atom stereocenters. The van der Waals surface area contributed by atoms with Gasteiger partial charge in [-0.1, -0.05) is 0 Å². The van der Waals surface area contributed by atoms with Gasteiger partial charge in [0.2, 0.25) is 0 Å². The molecular weight excluding hydrogens is 248 g/mol. The highest BCUT2D eigenvalue weighted by Gasteiger charge is 2.27. The largest absolute Gasteiger partial charge is 0.363 e. The molecule has 0 radical (unpaired) electrons. The van der Waals surface area contributed by atoms with Crippen molar-refractivity contribution in [3.63, 3.8) is 0 Å². The maximum atomic E-state index is 14.0. The number of anilines is 1. The Labute approximate surface area is 111 Å². The summed E-state index contributed by atoms with van der Waals surface area (Å²) in [6, 6.07) is 4.06. The summed E-state index contributed by atoms with van der Waals surface area (Å²) in [5, 5.41) is 11.8. The van der Waals surface area contributed by atoms with Gasteiger partial charge < -0.3 is 10.2 Å². The Hall–Kier alpha value is -1.67. The molecule has 0 aliphatic carbocycles.